The SMILES string of the molecule is Cc1cc(C)c2c(NCc3nnc4n3CCCC4)ncnc2n1. The molecule has 0 saturated carbocycles. The first kappa shape index (κ1) is 14.0. The second-order valence-electron chi connectivity index (χ2n) is 6.00. The van der Waals surface area contributed by atoms with Crippen LogP contribution in [0.25, 0.3) is 11.0 Å². The van der Waals surface area contributed by atoms with Crippen LogP contribution in [0.15, 0.2) is 12.4 Å². The summed E-state index contributed by atoms with van der Waals surface area (Å²) in [5, 5.41) is 13.0. The van der Waals surface area contributed by atoms with E-state index in [1.165, 1.54) is 12.8 Å². The molecule has 0 saturated heterocycles. The molecule has 0 aliphatic carbocycles. The van der Waals surface area contributed by atoms with E-state index in [1.807, 2.05) is 6.92 Å². The number of fused-ring (bicyclic) bond motifs is 2. The standard InChI is InChI=1S/C16H19N7/c1-10-7-11(2)20-16-14(10)15(18-9-19-16)17-8-13-22-21-12-5-3-4-6-23(12)13/h7,9H,3-6,8H2,1-2H3,(H,17,18,19,20). The molecule has 0 atom stereocenters. The van der Waals surface area contributed by atoms with Crippen molar-refractivity contribution in [1.29, 1.82) is 0 Å². The second kappa shape index (κ2) is 5.57. The highest BCUT2D eigenvalue weighted by molar-refractivity contribution is 5.89. The van der Waals surface area contributed by atoms with Gasteiger partial charge in [-0.3, -0.25) is 0 Å². The van der Waals surface area contributed by atoms with Gasteiger partial charge in [-0.05, 0) is 38.3 Å². The van der Waals surface area contributed by atoms with Crippen LogP contribution in [0, 0.1) is 13.8 Å². The van der Waals surface area contributed by atoms with Crippen LogP contribution in [0.2, 0.25) is 0 Å². The minimum absolute atomic E-state index is 0.604. The molecule has 0 amide bonds. The van der Waals surface area contributed by atoms with Gasteiger partial charge in [0.15, 0.2) is 11.5 Å². The predicted molar refractivity (Wildman–Crippen MR) is 87.1 cm³/mol. The molecule has 23 heavy (non-hydrogen) atoms. The van der Waals surface area contributed by atoms with Crippen molar-refractivity contribution >= 4 is 16.9 Å². The molecule has 118 valence electrons. The van der Waals surface area contributed by atoms with E-state index in [1.54, 1.807) is 6.33 Å². The van der Waals surface area contributed by atoms with Crippen LogP contribution in [0.1, 0.15) is 35.7 Å². The Kier molecular flexibility index (Phi) is 3.40. The van der Waals surface area contributed by atoms with Crippen LogP contribution >= 0.6 is 0 Å². The van der Waals surface area contributed by atoms with Gasteiger partial charge in [-0.25, -0.2) is 15.0 Å². The maximum atomic E-state index is 4.49. The molecule has 1 aliphatic rings. The van der Waals surface area contributed by atoms with Crippen LogP contribution in [0.5, 0.6) is 0 Å². The van der Waals surface area contributed by atoms with E-state index in [9.17, 15) is 0 Å². The zero-order chi connectivity index (χ0) is 15.8. The summed E-state index contributed by atoms with van der Waals surface area (Å²) in [6.07, 6.45) is 4.96. The van der Waals surface area contributed by atoms with Gasteiger partial charge in [0, 0.05) is 18.7 Å². The lowest BCUT2D eigenvalue weighted by atomic mass is 10.1. The minimum atomic E-state index is 0.604. The van der Waals surface area contributed by atoms with Crippen LogP contribution in [-0.2, 0) is 19.5 Å². The molecule has 0 aromatic carbocycles. The molecule has 4 rings (SSSR count). The van der Waals surface area contributed by atoms with Crippen molar-refractivity contribution in [1.82, 2.24) is 29.7 Å². The molecule has 0 bridgehead atoms. The summed E-state index contributed by atoms with van der Waals surface area (Å²) in [4.78, 5) is 13.2. The van der Waals surface area contributed by atoms with Crippen molar-refractivity contribution in [2.45, 2.75) is 46.2 Å². The fourth-order valence-corrected chi connectivity index (χ4v) is 3.21. The van der Waals surface area contributed by atoms with E-state index in [0.29, 0.717) is 6.54 Å². The van der Waals surface area contributed by atoms with Gasteiger partial charge < -0.3 is 9.88 Å². The van der Waals surface area contributed by atoms with E-state index in [2.05, 4.69) is 48.0 Å². The molecule has 1 N–H and O–H groups in total. The third-order valence-electron chi connectivity index (χ3n) is 4.28. The summed E-state index contributed by atoms with van der Waals surface area (Å²) in [5.74, 6) is 2.85. The number of rotatable bonds is 3. The van der Waals surface area contributed by atoms with E-state index in [0.717, 1.165) is 52.7 Å². The van der Waals surface area contributed by atoms with Crippen molar-refractivity contribution in [3.05, 3.63) is 35.3 Å². The van der Waals surface area contributed by atoms with Gasteiger partial charge >= 0.3 is 0 Å². The Morgan fingerprint density at radius 2 is 2.09 bits per heavy atom. The van der Waals surface area contributed by atoms with Gasteiger partial charge in [-0.2, -0.15) is 0 Å². The summed E-state index contributed by atoms with van der Waals surface area (Å²) >= 11 is 0. The van der Waals surface area contributed by atoms with E-state index in [4.69, 9.17) is 0 Å². The third kappa shape index (κ3) is 2.52. The summed E-state index contributed by atoms with van der Waals surface area (Å²) in [5.41, 5.74) is 2.81. The first-order valence-electron chi connectivity index (χ1n) is 7.96. The highest BCUT2D eigenvalue weighted by Crippen LogP contribution is 2.23. The lowest BCUT2D eigenvalue weighted by molar-refractivity contribution is 0.509. The monoisotopic (exact) mass is 309 g/mol. The Bertz CT molecular complexity index is 868. The average Bonchev–Trinajstić information content (AvgIpc) is 2.95. The number of hydrogen-bond donors (Lipinski definition) is 1. The fourth-order valence-electron chi connectivity index (χ4n) is 3.21. The topological polar surface area (TPSA) is 81.4 Å². The fraction of sp³-hybridized carbons (Fsp3) is 0.438. The molecule has 1 aliphatic heterocycles. The van der Waals surface area contributed by atoms with Crippen molar-refractivity contribution in [2.24, 2.45) is 0 Å². The van der Waals surface area contributed by atoms with Crippen molar-refractivity contribution in [3.63, 3.8) is 0 Å². The van der Waals surface area contributed by atoms with Crippen molar-refractivity contribution < 1.29 is 0 Å². The third-order valence-corrected chi connectivity index (χ3v) is 4.28. The van der Waals surface area contributed by atoms with Crippen LogP contribution in [-0.4, -0.2) is 29.7 Å². The summed E-state index contributed by atoms with van der Waals surface area (Å²) in [6.45, 7) is 5.64. The Balaban J connectivity index is 1.65. The Labute approximate surface area is 134 Å². The van der Waals surface area contributed by atoms with Gasteiger partial charge in [-0.1, -0.05) is 0 Å². The maximum absolute atomic E-state index is 4.49. The highest BCUT2D eigenvalue weighted by atomic mass is 15.3. The van der Waals surface area contributed by atoms with Gasteiger partial charge in [0.1, 0.15) is 18.0 Å². The molecule has 7 nitrogen and oxygen atoms in total. The van der Waals surface area contributed by atoms with E-state index in [-0.39, 0.29) is 0 Å². The van der Waals surface area contributed by atoms with Crippen molar-refractivity contribution in [3.8, 4) is 0 Å². The number of nitrogens with one attached hydrogen (secondary N) is 1. The van der Waals surface area contributed by atoms with Gasteiger partial charge in [0.2, 0.25) is 0 Å². The molecule has 4 heterocycles. The predicted octanol–water partition coefficient (Wildman–Crippen LogP) is 2.18. The average molecular weight is 309 g/mol. The number of aryl methyl sites for hydroxylation is 3. The van der Waals surface area contributed by atoms with Gasteiger partial charge in [-0.15, -0.1) is 10.2 Å². The smallest absolute Gasteiger partial charge is 0.165 e. The summed E-state index contributed by atoms with van der Waals surface area (Å²) < 4.78 is 2.22. The number of anilines is 1. The van der Waals surface area contributed by atoms with Gasteiger partial charge in [0.25, 0.3) is 0 Å². The normalized spacial score (nSPS) is 14.0. The van der Waals surface area contributed by atoms with Crippen LogP contribution in [0.4, 0.5) is 5.82 Å². The molecule has 0 unspecified atom stereocenters. The Morgan fingerprint density at radius 3 is 3.00 bits per heavy atom. The molecule has 3 aromatic heterocycles. The highest BCUT2D eigenvalue weighted by Gasteiger charge is 2.16. The van der Waals surface area contributed by atoms with Gasteiger partial charge in [0.05, 0.1) is 11.9 Å². The molecular formula is C16H19N7. The Hall–Kier alpha value is -2.57. The van der Waals surface area contributed by atoms with Crippen LogP contribution < -0.4 is 5.32 Å². The quantitative estimate of drug-likeness (QED) is 0.798. The molecule has 3 aromatic rings. The maximum Gasteiger partial charge on any atom is 0.165 e. The number of hydrogen-bond acceptors (Lipinski definition) is 6. The van der Waals surface area contributed by atoms with Crippen molar-refractivity contribution in [2.75, 3.05) is 5.32 Å². The Morgan fingerprint density at radius 1 is 1.17 bits per heavy atom. The van der Waals surface area contributed by atoms with E-state index < -0.39 is 0 Å². The number of pyridine rings is 1. The first-order valence-corrected chi connectivity index (χ1v) is 7.96. The molecular weight excluding hydrogens is 290 g/mol. The molecule has 0 spiro atoms. The lowest BCUT2D eigenvalue weighted by Gasteiger charge is -2.15. The largest absolute Gasteiger partial charge is 0.362 e. The summed E-state index contributed by atoms with van der Waals surface area (Å²) in [6, 6.07) is 2.05. The number of nitrogens with zero attached hydrogens (tertiary/aromatic N) is 6. The summed E-state index contributed by atoms with van der Waals surface area (Å²) in [7, 11) is 0. The molecule has 0 fully saturated rings. The molecule has 7 heteroatoms. The van der Waals surface area contributed by atoms with E-state index >= 15 is 0 Å². The zero-order valence-corrected chi connectivity index (χ0v) is 13.4. The number of aromatic nitrogens is 6. The zero-order valence-electron chi connectivity index (χ0n) is 13.4. The second-order valence-corrected chi connectivity index (χ2v) is 6.00. The first-order chi connectivity index (χ1) is 11.2. The molecule has 0 radical (unpaired) electrons. The lowest BCUT2D eigenvalue weighted by Crippen LogP contribution is -2.15. The minimum Gasteiger partial charge on any atom is -0.362 e. The van der Waals surface area contributed by atoms with Crippen LogP contribution in [0.3, 0.4) is 0 Å².